The molecule has 0 bridgehead atoms. The lowest BCUT2D eigenvalue weighted by atomic mass is 9.94. The number of esters is 1. The Morgan fingerprint density at radius 1 is 1.18 bits per heavy atom. The van der Waals surface area contributed by atoms with Gasteiger partial charge in [-0.2, -0.15) is 0 Å². The maximum atomic E-state index is 11.4. The normalized spacial score (nSPS) is 13.9. The first-order chi connectivity index (χ1) is 7.97. The van der Waals surface area contributed by atoms with Crippen molar-refractivity contribution in [1.29, 1.82) is 0 Å². The van der Waals surface area contributed by atoms with E-state index in [9.17, 15) is 4.79 Å². The van der Waals surface area contributed by atoms with Crippen molar-refractivity contribution in [2.45, 2.75) is 60.3 Å². The van der Waals surface area contributed by atoms with Crippen LogP contribution in [0.25, 0.3) is 0 Å². The molecular weight excluding hydrogens is 212 g/mol. The largest absolute Gasteiger partial charge is 0.466 e. The average molecular weight is 240 g/mol. The fraction of sp³-hybridized carbons (Fsp3) is 0.800. The molecule has 0 aromatic rings. The number of allylic oxidation sites excluding steroid dienone is 2. The molecule has 0 amide bonds. The molecule has 2 nitrogen and oxygen atoms in total. The van der Waals surface area contributed by atoms with Crippen LogP contribution in [0.3, 0.4) is 0 Å². The summed E-state index contributed by atoms with van der Waals surface area (Å²) in [6, 6.07) is 0. The van der Waals surface area contributed by atoms with Gasteiger partial charge in [-0.25, -0.2) is 0 Å². The Kier molecular flexibility index (Phi) is 8.83. The fourth-order valence-corrected chi connectivity index (χ4v) is 1.74. The van der Waals surface area contributed by atoms with E-state index in [-0.39, 0.29) is 11.9 Å². The van der Waals surface area contributed by atoms with Crippen molar-refractivity contribution in [3.05, 3.63) is 11.6 Å². The SMILES string of the molecule is CCOC(=O)C(C)CC[C@H](C)CCC=C(C)C. The molecule has 2 heteroatoms. The molecule has 0 N–H and O–H groups in total. The predicted molar refractivity (Wildman–Crippen MR) is 72.9 cm³/mol. The highest BCUT2D eigenvalue weighted by atomic mass is 16.5. The van der Waals surface area contributed by atoms with E-state index >= 15 is 0 Å². The Balaban J connectivity index is 3.72. The van der Waals surface area contributed by atoms with E-state index in [1.54, 1.807) is 0 Å². The van der Waals surface area contributed by atoms with Crippen LogP contribution in [-0.4, -0.2) is 12.6 Å². The van der Waals surface area contributed by atoms with Crippen LogP contribution in [0.15, 0.2) is 11.6 Å². The minimum Gasteiger partial charge on any atom is -0.466 e. The van der Waals surface area contributed by atoms with Crippen molar-refractivity contribution in [3.63, 3.8) is 0 Å². The Morgan fingerprint density at radius 3 is 2.35 bits per heavy atom. The molecule has 0 spiro atoms. The molecular formula is C15H28O2. The second-order valence-corrected chi connectivity index (χ2v) is 5.19. The zero-order chi connectivity index (χ0) is 13.3. The zero-order valence-electron chi connectivity index (χ0n) is 12.1. The molecule has 0 aromatic carbocycles. The second kappa shape index (κ2) is 9.26. The summed E-state index contributed by atoms with van der Waals surface area (Å²) < 4.78 is 5.00. The Bertz CT molecular complexity index is 239. The van der Waals surface area contributed by atoms with Gasteiger partial charge in [-0.15, -0.1) is 0 Å². The monoisotopic (exact) mass is 240 g/mol. The topological polar surface area (TPSA) is 26.3 Å². The molecule has 2 atom stereocenters. The number of carbonyl (C=O) groups excluding carboxylic acids is 1. The molecule has 1 unspecified atom stereocenters. The summed E-state index contributed by atoms with van der Waals surface area (Å²) in [7, 11) is 0. The first-order valence-corrected chi connectivity index (χ1v) is 6.77. The van der Waals surface area contributed by atoms with E-state index in [0.717, 1.165) is 19.3 Å². The lowest BCUT2D eigenvalue weighted by Gasteiger charge is -2.14. The quantitative estimate of drug-likeness (QED) is 0.466. The number of hydrogen-bond donors (Lipinski definition) is 0. The molecule has 17 heavy (non-hydrogen) atoms. The minimum atomic E-state index is -0.0519. The number of hydrogen-bond acceptors (Lipinski definition) is 2. The molecule has 0 radical (unpaired) electrons. The highest BCUT2D eigenvalue weighted by Crippen LogP contribution is 2.18. The summed E-state index contributed by atoms with van der Waals surface area (Å²) in [5.74, 6) is 0.673. The highest BCUT2D eigenvalue weighted by molar-refractivity contribution is 5.71. The standard InChI is InChI=1S/C15H28O2/c1-6-17-15(16)14(5)11-10-13(4)9-7-8-12(2)3/h8,13-14H,6-7,9-11H2,1-5H3/t13-,14?/m1/s1. The van der Waals surface area contributed by atoms with Crippen LogP contribution in [0, 0.1) is 11.8 Å². The van der Waals surface area contributed by atoms with E-state index in [1.165, 1.54) is 12.0 Å². The van der Waals surface area contributed by atoms with Gasteiger partial charge in [0.1, 0.15) is 0 Å². The van der Waals surface area contributed by atoms with Crippen molar-refractivity contribution in [2.24, 2.45) is 11.8 Å². The van der Waals surface area contributed by atoms with E-state index in [2.05, 4.69) is 26.8 Å². The lowest BCUT2D eigenvalue weighted by Crippen LogP contribution is -2.15. The number of ether oxygens (including phenoxy) is 1. The van der Waals surface area contributed by atoms with Gasteiger partial charge in [0.15, 0.2) is 0 Å². The first-order valence-electron chi connectivity index (χ1n) is 6.77. The first kappa shape index (κ1) is 16.2. The van der Waals surface area contributed by atoms with Crippen LogP contribution in [0.2, 0.25) is 0 Å². The molecule has 0 heterocycles. The van der Waals surface area contributed by atoms with Crippen LogP contribution in [-0.2, 0) is 9.53 Å². The van der Waals surface area contributed by atoms with E-state index in [1.807, 2.05) is 13.8 Å². The van der Waals surface area contributed by atoms with Crippen LogP contribution < -0.4 is 0 Å². The molecule has 0 aliphatic carbocycles. The summed E-state index contributed by atoms with van der Waals surface area (Å²) in [4.78, 5) is 11.4. The molecule has 100 valence electrons. The van der Waals surface area contributed by atoms with Crippen LogP contribution in [0.4, 0.5) is 0 Å². The van der Waals surface area contributed by atoms with Crippen molar-refractivity contribution in [3.8, 4) is 0 Å². The average Bonchev–Trinajstić information content (AvgIpc) is 2.25. The molecule has 0 saturated carbocycles. The fourth-order valence-electron chi connectivity index (χ4n) is 1.74. The molecule has 0 rings (SSSR count). The molecule has 0 fully saturated rings. The molecule has 0 aromatic heterocycles. The highest BCUT2D eigenvalue weighted by Gasteiger charge is 2.14. The summed E-state index contributed by atoms with van der Waals surface area (Å²) in [6.07, 6.45) is 6.69. The summed E-state index contributed by atoms with van der Waals surface area (Å²) in [5, 5.41) is 0. The third-order valence-corrected chi connectivity index (χ3v) is 2.99. The van der Waals surface area contributed by atoms with Gasteiger partial charge in [-0.1, -0.05) is 25.5 Å². The Labute approximate surface area is 106 Å². The van der Waals surface area contributed by atoms with Crippen LogP contribution in [0.5, 0.6) is 0 Å². The number of carbonyl (C=O) groups is 1. The van der Waals surface area contributed by atoms with Gasteiger partial charge in [0.05, 0.1) is 12.5 Å². The van der Waals surface area contributed by atoms with Crippen molar-refractivity contribution >= 4 is 5.97 Å². The van der Waals surface area contributed by atoms with E-state index in [4.69, 9.17) is 4.74 Å². The van der Waals surface area contributed by atoms with Gasteiger partial charge in [-0.3, -0.25) is 4.79 Å². The maximum Gasteiger partial charge on any atom is 0.308 e. The zero-order valence-corrected chi connectivity index (χ0v) is 12.1. The van der Waals surface area contributed by atoms with Gasteiger partial charge in [-0.05, 0) is 52.4 Å². The summed E-state index contributed by atoms with van der Waals surface area (Å²) in [5.41, 5.74) is 1.39. The third kappa shape index (κ3) is 8.96. The smallest absolute Gasteiger partial charge is 0.308 e. The predicted octanol–water partition coefficient (Wildman–Crippen LogP) is 4.35. The van der Waals surface area contributed by atoms with Gasteiger partial charge in [0.25, 0.3) is 0 Å². The van der Waals surface area contributed by atoms with Crippen molar-refractivity contribution in [1.82, 2.24) is 0 Å². The van der Waals surface area contributed by atoms with Crippen LogP contribution >= 0.6 is 0 Å². The van der Waals surface area contributed by atoms with Gasteiger partial charge < -0.3 is 4.74 Å². The molecule has 0 aliphatic heterocycles. The summed E-state index contributed by atoms with van der Waals surface area (Å²) in [6.45, 7) is 10.8. The van der Waals surface area contributed by atoms with Gasteiger partial charge in [0, 0.05) is 0 Å². The van der Waals surface area contributed by atoms with Gasteiger partial charge >= 0.3 is 5.97 Å². The minimum absolute atomic E-state index is 0.0425. The van der Waals surface area contributed by atoms with E-state index < -0.39 is 0 Å². The van der Waals surface area contributed by atoms with Crippen molar-refractivity contribution < 1.29 is 9.53 Å². The lowest BCUT2D eigenvalue weighted by molar-refractivity contribution is -0.147. The molecule has 0 saturated heterocycles. The molecule has 0 aliphatic rings. The Hall–Kier alpha value is -0.790. The van der Waals surface area contributed by atoms with Crippen LogP contribution in [0.1, 0.15) is 60.3 Å². The third-order valence-electron chi connectivity index (χ3n) is 2.99. The number of rotatable bonds is 8. The van der Waals surface area contributed by atoms with Crippen molar-refractivity contribution in [2.75, 3.05) is 6.61 Å². The van der Waals surface area contributed by atoms with E-state index in [0.29, 0.717) is 12.5 Å². The second-order valence-electron chi connectivity index (χ2n) is 5.19. The summed E-state index contributed by atoms with van der Waals surface area (Å²) >= 11 is 0. The maximum absolute atomic E-state index is 11.4. The van der Waals surface area contributed by atoms with Gasteiger partial charge in [0.2, 0.25) is 0 Å². The Morgan fingerprint density at radius 2 is 1.82 bits per heavy atom.